The number of rotatable bonds is 6. The van der Waals surface area contributed by atoms with Crippen LogP contribution in [0.5, 0.6) is 11.5 Å². The number of benzene rings is 1. The Morgan fingerprint density at radius 2 is 1.85 bits per heavy atom. The number of fused-ring (bicyclic) bond motifs is 1. The van der Waals surface area contributed by atoms with Crippen molar-refractivity contribution in [2.75, 3.05) is 0 Å². The van der Waals surface area contributed by atoms with E-state index in [4.69, 9.17) is 4.74 Å². The van der Waals surface area contributed by atoms with E-state index in [0.29, 0.717) is 6.20 Å². The van der Waals surface area contributed by atoms with E-state index in [0.717, 1.165) is 18.3 Å². The molecule has 1 N–H and O–H groups in total. The molecule has 0 spiro atoms. The number of hydrogen-bond acceptors (Lipinski definition) is 6. The summed E-state index contributed by atoms with van der Waals surface area (Å²) < 4.78 is 58.6. The number of nitrogens with one attached hydrogen (secondary N) is 1. The highest BCUT2D eigenvalue weighted by molar-refractivity contribution is 5.83. The first-order valence-corrected chi connectivity index (χ1v) is 9.52. The highest BCUT2D eigenvalue weighted by Gasteiger charge is 2.31. The number of ketones is 1. The van der Waals surface area contributed by atoms with Crippen molar-refractivity contribution in [3.05, 3.63) is 88.0 Å². The molecule has 11 heteroatoms. The fraction of sp³-hybridized carbons (Fsp3) is 0.136. The number of halogens is 4. The number of pyridine rings is 2. The number of carbonyl (C=O) groups is 1. The third-order valence-corrected chi connectivity index (χ3v) is 4.60. The van der Waals surface area contributed by atoms with E-state index in [9.17, 15) is 27.2 Å². The maximum Gasteiger partial charge on any atom is 0.417 e. The average Bonchev–Trinajstić information content (AvgIpc) is 2.75. The molecule has 3 aromatic heterocycles. The molecule has 0 bridgehead atoms. The number of hydrogen-bond donors (Lipinski definition) is 1. The predicted molar refractivity (Wildman–Crippen MR) is 108 cm³/mol. The van der Waals surface area contributed by atoms with Gasteiger partial charge >= 0.3 is 6.18 Å². The number of H-pyrrole nitrogens is 1. The minimum atomic E-state index is -4.57. The fourth-order valence-corrected chi connectivity index (χ4v) is 3.11. The van der Waals surface area contributed by atoms with Gasteiger partial charge < -0.3 is 9.72 Å². The van der Waals surface area contributed by atoms with Gasteiger partial charge in [0.2, 0.25) is 0 Å². The van der Waals surface area contributed by atoms with Crippen molar-refractivity contribution >= 4 is 16.9 Å². The first-order chi connectivity index (χ1) is 15.7. The summed E-state index contributed by atoms with van der Waals surface area (Å²) in [4.78, 5) is 37.6. The van der Waals surface area contributed by atoms with Crippen molar-refractivity contribution in [3.8, 4) is 11.5 Å². The van der Waals surface area contributed by atoms with Crippen molar-refractivity contribution in [3.63, 3.8) is 0 Å². The molecule has 0 atom stereocenters. The second-order valence-corrected chi connectivity index (χ2v) is 7.08. The van der Waals surface area contributed by atoms with Crippen LogP contribution in [0, 0.1) is 5.82 Å². The van der Waals surface area contributed by atoms with Gasteiger partial charge in [0, 0.05) is 43.6 Å². The van der Waals surface area contributed by atoms with Gasteiger partial charge in [-0.15, -0.1) is 0 Å². The van der Waals surface area contributed by atoms with Crippen LogP contribution in [-0.2, 0) is 23.8 Å². The Balaban J connectivity index is 1.47. The summed E-state index contributed by atoms with van der Waals surface area (Å²) in [6, 6.07) is 6.21. The summed E-state index contributed by atoms with van der Waals surface area (Å²) in [5.74, 6) is -0.845. The Labute approximate surface area is 183 Å². The van der Waals surface area contributed by atoms with E-state index in [1.807, 2.05) is 0 Å². The lowest BCUT2D eigenvalue weighted by molar-refractivity contribution is -0.138. The summed E-state index contributed by atoms with van der Waals surface area (Å²) in [5.41, 5.74) is -0.770. The SMILES string of the molecule is O=C(Cc1cncc(C(F)(F)F)c1)Cc1ccc(Oc2ccnc3[nH]c(=O)cnc23)cc1F. The number of aromatic nitrogens is 4. The molecular weight excluding hydrogens is 444 g/mol. The highest BCUT2D eigenvalue weighted by atomic mass is 19.4. The minimum absolute atomic E-state index is 0.0642. The zero-order chi connectivity index (χ0) is 23.6. The first kappa shape index (κ1) is 22.1. The molecule has 0 radical (unpaired) electrons. The summed E-state index contributed by atoms with van der Waals surface area (Å²) in [6.45, 7) is 0. The number of carbonyl (C=O) groups excluding carboxylic acids is 1. The number of Topliss-reactive ketones (excluding diaryl/α,β-unsaturated/α-hetero) is 1. The Morgan fingerprint density at radius 3 is 2.61 bits per heavy atom. The molecule has 3 heterocycles. The van der Waals surface area contributed by atoms with E-state index in [2.05, 4.69) is 19.9 Å². The third-order valence-electron chi connectivity index (χ3n) is 4.60. The minimum Gasteiger partial charge on any atom is -0.455 e. The largest absolute Gasteiger partial charge is 0.455 e. The molecular formula is C22H14F4N4O3. The molecule has 7 nitrogen and oxygen atoms in total. The number of ether oxygens (including phenoxy) is 1. The molecule has 0 fully saturated rings. The van der Waals surface area contributed by atoms with Crippen LogP contribution in [0.1, 0.15) is 16.7 Å². The van der Waals surface area contributed by atoms with Gasteiger partial charge in [-0.1, -0.05) is 6.07 Å². The van der Waals surface area contributed by atoms with Crippen LogP contribution >= 0.6 is 0 Å². The summed E-state index contributed by atoms with van der Waals surface area (Å²) in [6.07, 6.45) is -0.913. The number of nitrogens with zero attached hydrogens (tertiary/aromatic N) is 3. The van der Waals surface area contributed by atoms with Crippen LogP contribution in [-0.4, -0.2) is 25.7 Å². The Morgan fingerprint density at radius 1 is 1.03 bits per heavy atom. The quantitative estimate of drug-likeness (QED) is 0.439. The van der Waals surface area contributed by atoms with Gasteiger partial charge in [-0.2, -0.15) is 13.2 Å². The van der Waals surface area contributed by atoms with Crippen molar-refractivity contribution in [1.82, 2.24) is 19.9 Å². The van der Waals surface area contributed by atoms with Gasteiger partial charge in [-0.3, -0.25) is 14.6 Å². The highest BCUT2D eigenvalue weighted by Crippen LogP contribution is 2.29. The molecule has 1 aromatic carbocycles. The maximum absolute atomic E-state index is 14.6. The van der Waals surface area contributed by atoms with Gasteiger partial charge in [0.05, 0.1) is 11.8 Å². The van der Waals surface area contributed by atoms with Crippen molar-refractivity contribution < 1.29 is 27.1 Å². The molecule has 0 amide bonds. The summed E-state index contributed by atoms with van der Waals surface area (Å²) >= 11 is 0. The van der Waals surface area contributed by atoms with E-state index in [1.54, 1.807) is 0 Å². The van der Waals surface area contributed by atoms with Crippen LogP contribution in [0.3, 0.4) is 0 Å². The van der Waals surface area contributed by atoms with Crippen molar-refractivity contribution in [2.24, 2.45) is 0 Å². The van der Waals surface area contributed by atoms with Gasteiger partial charge in [0.15, 0.2) is 11.4 Å². The number of alkyl halides is 3. The zero-order valence-electron chi connectivity index (χ0n) is 16.7. The van der Waals surface area contributed by atoms with Gasteiger partial charge in [0.25, 0.3) is 5.56 Å². The average molecular weight is 458 g/mol. The lowest BCUT2D eigenvalue weighted by Crippen LogP contribution is -2.11. The predicted octanol–water partition coefficient (Wildman–Crippen LogP) is 4.02. The first-order valence-electron chi connectivity index (χ1n) is 9.52. The van der Waals surface area contributed by atoms with E-state index in [-0.39, 0.29) is 46.6 Å². The third kappa shape index (κ3) is 5.20. The molecule has 168 valence electrons. The maximum atomic E-state index is 14.6. The Hall–Kier alpha value is -4.15. The van der Waals surface area contributed by atoms with Crippen LogP contribution in [0.4, 0.5) is 17.6 Å². The lowest BCUT2D eigenvalue weighted by Gasteiger charge is -2.10. The van der Waals surface area contributed by atoms with Crippen LogP contribution in [0.2, 0.25) is 0 Å². The van der Waals surface area contributed by atoms with Gasteiger partial charge in [0.1, 0.15) is 22.9 Å². The van der Waals surface area contributed by atoms with E-state index < -0.39 is 28.9 Å². The van der Waals surface area contributed by atoms with Gasteiger partial charge in [-0.25, -0.2) is 14.4 Å². The van der Waals surface area contributed by atoms with Crippen LogP contribution in [0.25, 0.3) is 11.2 Å². The smallest absolute Gasteiger partial charge is 0.417 e. The normalized spacial score (nSPS) is 11.5. The molecule has 0 aliphatic carbocycles. The van der Waals surface area contributed by atoms with Gasteiger partial charge in [-0.05, 0) is 23.3 Å². The molecule has 4 aromatic rings. The Kier molecular flexibility index (Phi) is 5.86. The summed E-state index contributed by atoms with van der Waals surface area (Å²) in [7, 11) is 0. The standard InChI is InChI=1S/C22H14F4N4O3/c23-17-8-16(33-18-3-4-28-21-20(18)29-11-19(32)30-21)2-1-13(17)7-15(31)6-12-5-14(10-27-9-12)22(24,25)26/h1-5,8-11H,6-7H2,(H,28,30,32). The summed E-state index contributed by atoms with van der Waals surface area (Å²) in [5, 5.41) is 0. The molecule has 4 rings (SSSR count). The van der Waals surface area contributed by atoms with E-state index >= 15 is 0 Å². The molecule has 33 heavy (non-hydrogen) atoms. The monoisotopic (exact) mass is 458 g/mol. The molecule has 0 saturated heterocycles. The van der Waals surface area contributed by atoms with Crippen molar-refractivity contribution in [2.45, 2.75) is 19.0 Å². The fourth-order valence-electron chi connectivity index (χ4n) is 3.11. The molecule has 0 aliphatic heterocycles. The Bertz CT molecular complexity index is 1400. The molecule has 0 unspecified atom stereocenters. The number of aromatic amines is 1. The molecule has 0 saturated carbocycles. The van der Waals surface area contributed by atoms with Crippen LogP contribution in [0.15, 0.2) is 59.9 Å². The topological polar surface area (TPSA) is 97.8 Å². The van der Waals surface area contributed by atoms with E-state index in [1.165, 1.54) is 30.6 Å². The second kappa shape index (κ2) is 8.77. The molecule has 0 aliphatic rings. The van der Waals surface area contributed by atoms with Crippen LogP contribution < -0.4 is 10.3 Å². The zero-order valence-corrected chi connectivity index (χ0v) is 16.7. The lowest BCUT2D eigenvalue weighted by atomic mass is 10.0. The second-order valence-electron chi connectivity index (χ2n) is 7.08. The van der Waals surface area contributed by atoms with Crippen molar-refractivity contribution in [1.29, 1.82) is 0 Å².